The molecule has 1 aliphatic rings. The fraction of sp³-hybridized carbons (Fsp3) is 0.263. The molecule has 1 aliphatic heterocycles. The van der Waals surface area contributed by atoms with Gasteiger partial charge >= 0.3 is 0 Å². The van der Waals surface area contributed by atoms with Crippen molar-refractivity contribution in [2.45, 2.75) is 26.3 Å². The van der Waals surface area contributed by atoms with Crippen molar-refractivity contribution < 1.29 is 9.59 Å². The zero-order valence-corrected chi connectivity index (χ0v) is 13.2. The second-order valence-corrected chi connectivity index (χ2v) is 5.86. The second-order valence-electron chi connectivity index (χ2n) is 5.86. The number of hydrogen-bond donors (Lipinski definition) is 1. The van der Waals surface area contributed by atoms with Crippen molar-refractivity contribution >= 4 is 17.5 Å². The zero-order chi connectivity index (χ0) is 16.2. The first-order valence-corrected chi connectivity index (χ1v) is 7.84. The van der Waals surface area contributed by atoms with E-state index in [1.807, 2.05) is 55.5 Å². The number of para-hydroxylation sites is 1. The van der Waals surface area contributed by atoms with Crippen molar-refractivity contribution in [3.05, 3.63) is 65.2 Å². The van der Waals surface area contributed by atoms with Gasteiger partial charge in [0.05, 0.1) is 0 Å². The molecule has 0 bridgehead atoms. The Hall–Kier alpha value is -2.62. The molecule has 0 atom stereocenters. The fourth-order valence-corrected chi connectivity index (χ4v) is 2.80. The molecule has 118 valence electrons. The Morgan fingerprint density at radius 3 is 2.61 bits per heavy atom. The van der Waals surface area contributed by atoms with Crippen molar-refractivity contribution in [3.63, 3.8) is 0 Å². The zero-order valence-electron chi connectivity index (χ0n) is 13.2. The summed E-state index contributed by atoms with van der Waals surface area (Å²) in [5.41, 5.74) is 4.32. The summed E-state index contributed by atoms with van der Waals surface area (Å²) in [5.74, 6) is -0.378. The average molecular weight is 308 g/mol. The van der Waals surface area contributed by atoms with E-state index in [1.165, 1.54) is 11.1 Å². The maximum Gasteiger partial charge on any atom is 0.236 e. The third kappa shape index (κ3) is 3.59. The number of nitrogens with zero attached hydrogens (tertiary/aromatic N) is 1. The van der Waals surface area contributed by atoms with E-state index in [1.54, 1.807) is 4.90 Å². The molecule has 0 spiro atoms. The van der Waals surface area contributed by atoms with E-state index in [0.29, 0.717) is 13.1 Å². The number of fused-ring (bicyclic) bond motifs is 1. The number of hydrogen-bond acceptors (Lipinski definition) is 2. The lowest BCUT2D eigenvalue weighted by Crippen LogP contribution is -2.34. The quantitative estimate of drug-likeness (QED) is 0.883. The summed E-state index contributed by atoms with van der Waals surface area (Å²) in [5, 5.41) is 2.81. The van der Waals surface area contributed by atoms with Gasteiger partial charge in [-0.15, -0.1) is 0 Å². The molecule has 1 N–H and O–H groups in total. The van der Waals surface area contributed by atoms with Gasteiger partial charge in [0.15, 0.2) is 0 Å². The highest BCUT2D eigenvalue weighted by Gasteiger charge is 2.25. The van der Waals surface area contributed by atoms with Crippen LogP contribution in [0.3, 0.4) is 0 Å². The van der Waals surface area contributed by atoms with Crippen molar-refractivity contribution in [1.82, 2.24) is 5.32 Å². The minimum Gasteiger partial charge on any atom is -0.352 e. The molecule has 3 rings (SSSR count). The van der Waals surface area contributed by atoms with E-state index >= 15 is 0 Å². The number of aryl methyl sites for hydroxylation is 1. The molecule has 2 amide bonds. The Bertz CT molecular complexity index is 722. The van der Waals surface area contributed by atoms with Gasteiger partial charge in [-0.1, -0.05) is 48.0 Å². The number of rotatable bonds is 4. The van der Waals surface area contributed by atoms with Crippen LogP contribution in [0.25, 0.3) is 0 Å². The molecule has 23 heavy (non-hydrogen) atoms. The number of benzene rings is 2. The van der Waals surface area contributed by atoms with Crippen LogP contribution < -0.4 is 10.2 Å². The summed E-state index contributed by atoms with van der Waals surface area (Å²) in [6.07, 6.45) is 0.743. The highest BCUT2D eigenvalue weighted by atomic mass is 16.2. The summed E-state index contributed by atoms with van der Waals surface area (Å²) in [6.45, 7) is 3.13. The van der Waals surface area contributed by atoms with Crippen LogP contribution >= 0.6 is 0 Å². The van der Waals surface area contributed by atoms with E-state index in [2.05, 4.69) is 5.32 Å². The fourth-order valence-electron chi connectivity index (χ4n) is 2.80. The smallest absolute Gasteiger partial charge is 0.236 e. The van der Waals surface area contributed by atoms with E-state index in [9.17, 15) is 9.59 Å². The van der Waals surface area contributed by atoms with Crippen LogP contribution in [0, 0.1) is 6.92 Å². The number of nitrogens with one attached hydrogen (secondary N) is 1. The van der Waals surface area contributed by atoms with Gasteiger partial charge in [0.25, 0.3) is 0 Å². The molecule has 2 aromatic carbocycles. The van der Waals surface area contributed by atoms with Crippen LogP contribution in [0.15, 0.2) is 48.5 Å². The normalized spacial score (nSPS) is 12.8. The van der Waals surface area contributed by atoms with Crippen LogP contribution in [-0.4, -0.2) is 18.4 Å². The van der Waals surface area contributed by atoms with Crippen LogP contribution in [0.4, 0.5) is 5.69 Å². The predicted octanol–water partition coefficient (Wildman–Crippen LogP) is 2.59. The lowest BCUT2D eigenvalue weighted by atomic mass is 10.1. The Balaban J connectivity index is 1.54. The monoisotopic (exact) mass is 308 g/mol. The van der Waals surface area contributed by atoms with Crippen molar-refractivity contribution in [1.29, 1.82) is 0 Å². The van der Waals surface area contributed by atoms with E-state index in [0.717, 1.165) is 17.7 Å². The van der Waals surface area contributed by atoms with Crippen molar-refractivity contribution in [3.8, 4) is 0 Å². The molecular formula is C19H20N2O2. The molecule has 0 unspecified atom stereocenters. The van der Waals surface area contributed by atoms with Gasteiger partial charge < -0.3 is 10.2 Å². The Kier molecular flexibility index (Phi) is 4.42. The highest BCUT2D eigenvalue weighted by Crippen LogP contribution is 2.27. The molecule has 2 aromatic rings. The predicted molar refractivity (Wildman–Crippen MR) is 90.1 cm³/mol. The lowest BCUT2D eigenvalue weighted by molar-refractivity contribution is -0.128. The topological polar surface area (TPSA) is 49.4 Å². The summed E-state index contributed by atoms with van der Waals surface area (Å²) in [6, 6.07) is 15.8. The number of carbonyl (C=O) groups excluding carboxylic acids is 2. The molecule has 0 saturated heterocycles. The van der Waals surface area contributed by atoms with E-state index in [4.69, 9.17) is 0 Å². The number of carbonyl (C=O) groups is 2. The highest BCUT2D eigenvalue weighted by molar-refractivity contribution is 6.05. The summed E-state index contributed by atoms with van der Waals surface area (Å²) >= 11 is 0. The Morgan fingerprint density at radius 2 is 1.83 bits per heavy atom. The van der Waals surface area contributed by atoms with E-state index < -0.39 is 0 Å². The maximum atomic E-state index is 12.3. The minimum atomic E-state index is -0.236. The first-order valence-electron chi connectivity index (χ1n) is 7.84. The van der Waals surface area contributed by atoms with Gasteiger partial charge in [-0.2, -0.15) is 0 Å². The van der Waals surface area contributed by atoms with Gasteiger partial charge in [0.1, 0.15) is 6.42 Å². The van der Waals surface area contributed by atoms with Crippen LogP contribution in [0.2, 0.25) is 0 Å². The minimum absolute atomic E-state index is 0.111. The van der Waals surface area contributed by atoms with Crippen LogP contribution in [0.1, 0.15) is 23.1 Å². The van der Waals surface area contributed by atoms with Gasteiger partial charge in [-0.3, -0.25) is 9.59 Å². The first kappa shape index (κ1) is 15.3. The molecule has 0 radical (unpaired) electrons. The summed E-state index contributed by atoms with van der Waals surface area (Å²) in [7, 11) is 0. The summed E-state index contributed by atoms with van der Waals surface area (Å²) < 4.78 is 0. The molecule has 0 aromatic heterocycles. The average Bonchev–Trinajstić information content (AvgIpc) is 2.98. The largest absolute Gasteiger partial charge is 0.352 e. The lowest BCUT2D eigenvalue weighted by Gasteiger charge is -2.17. The first-order chi connectivity index (χ1) is 11.1. The Morgan fingerprint density at radius 1 is 1.09 bits per heavy atom. The van der Waals surface area contributed by atoms with E-state index in [-0.39, 0.29) is 18.2 Å². The van der Waals surface area contributed by atoms with Gasteiger partial charge in [0, 0.05) is 18.8 Å². The van der Waals surface area contributed by atoms with Crippen molar-refractivity contribution in [2.75, 3.05) is 11.4 Å². The third-order valence-electron chi connectivity index (χ3n) is 4.11. The Labute approximate surface area is 136 Å². The molecule has 4 nitrogen and oxygen atoms in total. The molecule has 1 heterocycles. The van der Waals surface area contributed by atoms with Crippen LogP contribution in [0.5, 0.6) is 0 Å². The molecule has 0 saturated carbocycles. The van der Waals surface area contributed by atoms with Crippen LogP contribution in [-0.2, 0) is 22.6 Å². The van der Waals surface area contributed by atoms with Gasteiger partial charge in [-0.25, -0.2) is 0 Å². The van der Waals surface area contributed by atoms with Gasteiger partial charge in [-0.05, 0) is 30.5 Å². The second kappa shape index (κ2) is 6.65. The molecule has 0 fully saturated rings. The SMILES string of the molecule is Cc1ccc(CNC(=O)CC(=O)N2CCc3ccccc32)cc1. The van der Waals surface area contributed by atoms with Crippen molar-refractivity contribution in [2.24, 2.45) is 0 Å². The number of amides is 2. The molecular weight excluding hydrogens is 288 g/mol. The molecule has 4 heteroatoms. The maximum absolute atomic E-state index is 12.3. The number of anilines is 1. The third-order valence-corrected chi connectivity index (χ3v) is 4.11. The standard InChI is InChI=1S/C19H20N2O2/c1-14-6-8-15(9-7-14)13-20-18(22)12-19(23)21-11-10-16-4-2-3-5-17(16)21/h2-9H,10-13H2,1H3,(H,20,22). The van der Waals surface area contributed by atoms with Gasteiger partial charge in [0.2, 0.25) is 11.8 Å². The summed E-state index contributed by atoms with van der Waals surface area (Å²) in [4.78, 5) is 26.1. The molecule has 0 aliphatic carbocycles.